The van der Waals surface area contributed by atoms with E-state index in [0.717, 1.165) is 12.2 Å². The Labute approximate surface area is 181 Å². The number of hydrogen-bond acceptors (Lipinski definition) is 3. The number of nitrogens with zero attached hydrogens (tertiary/aromatic N) is 2. The fourth-order valence-electron chi connectivity index (χ4n) is 3.97. The lowest BCUT2D eigenvalue weighted by molar-refractivity contribution is 0.414. The molecule has 4 rings (SSSR count). The summed E-state index contributed by atoms with van der Waals surface area (Å²) in [5, 5.41) is 0. The molecule has 0 N–H and O–H groups in total. The number of anilines is 1. The second-order valence-electron chi connectivity index (χ2n) is 7.81. The molecule has 2 aromatic rings. The summed E-state index contributed by atoms with van der Waals surface area (Å²) in [7, 11) is 1.70. The van der Waals surface area contributed by atoms with E-state index < -0.39 is 0 Å². The molecule has 1 aliphatic carbocycles. The molecule has 0 spiro atoms. The molecule has 3 nitrogen and oxygen atoms in total. The zero-order valence-corrected chi connectivity index (χ0v) is 19.1. The molecule has 0 amide bonds. The summed E-state index contributed by atoms with van der Waals surface area (Å²) in [4.78, 5) is 7.63. The molecule has 0 saturated carbocycles. The molecule has 3 heteroatoms. The molecular formula is C27H34N2O. The van der Waals surface area contributed by atoms with Gasteiger partial charge in [0.1, 0.15) is 11.9 Å². The van der Waals surface area contributed by atoms with Gasteiger partial charge in [-0.2, -0.15) is 0 Å². The van der Waals surface area contributed by atoms with Crippen LogP contribution in [0.3, 0.4) is 0 Å². The van der Waals surface area contributed by atoms with Crippen LogP contribution in [0.15, 0.2) is 77.3 Å². The zero-order valence-electron chi connectivity index (χ0n) is 19.1. The van der Waals surface area contributed by atoms with Crippen LogP contribution >= 0.6 is 0 Å². The van der Waals surface area contributed by atoms with E-state index in [1.54, 1.807) is 7.11 Å². The minimum atomic E-state index is -0.0349. The molecular weight excluding hydrogens is 368 g/mol. The molecule has 0 aromatic heterocycles. The predicted octanol–water partition coefficient (Wildman–Crippen LogP) is 6.90. The van der Waals surface area contributed by atoms with Crippen LogP contribution in [-0.4, -0.2) is 18.9 Å². The molecule has 30 heavy (non-hydrogen) atoms. The number of methoxy groups -OCH3 is 1. The van der Waals surface area contributed by atoms with Gasteiger partial charge in [0, 0.05) is 5.69 Å². The molecule has 0 radical (unpaired) electrons. The summed E-state index contributed by atoms with van der Waals surface area (Å²) in [5.41, 5.74) is 6.08. The van der Waals surface area contributed by atoms with Crippen molar-refractivity contribution < 1.29 is 4.74 Å². The summed E-state index contributed by atoms with van der Waals surface area (Å²) in [5.74, 6) is 1.47. The molecule has 3 unspecified atom stereocenters. The first-order chi connectivity index (χ1) is 14.6. The highest BCUT2D eigenvalue weighted by atomic mass is 16.5. The van der Waals surface area contributed by atoms with Gasteiger partial charge in [-0.15, -0.1) is 0 Å². The number of benzene rings is 2. The van der Waals surface area contributed by atoms with E-state index in [0.29, 0.717) is 5.92 Å². The molecule has 0 fully saturated rings. The molecule has 2 aliphatic rings. The Morgan fingerprint density at radius 1 is 0.967 bits per heavy atom. The third-order valence-corrected chi connectivity index (χ3v) is 5.69. The van der Waals surface area contributed by atoms with Crippen LogP contribution in [0.4, 0.5) is 5.69 Å². The normalized spacial score (nSPS) is 22.7. The Bertz CT molecular complexity index is 922. The van der Waals surface area contributed by atoms with E-state index in [9.17, 15) is 0 Å². The van der Waals surface area contributed by atoms with Crippen molar-refractivity contribution in [1.82, 2.24) is 0 Å². The van der Waals surface area contributed by atoms with Gasteiger partial charge in [0.15, 0.2) is 0 Å². The Morgan fingerprint density at radius 3 is 2.20 bits per heavy atom. The van der Waals surface area contributed by atoms with Crippen molar-refractivity contribution in [3.63, 3.8) is 0 Å². The first-order valence-electron chi connectivity index (χ1n) is 11.0. The van der Waals surface area contributed by atoms with Crippen LogP contribution in [0, 0.1) is 12.8 Å². The Kier molecular flexibility index (Phi) is 7.15. The molecule has 3 atom stereocenters. The van der Waals surface area contributed by atoms with E-state index in [-0.39, 0.29) is 12.2 Å². The number of allylic oxidation sites excluding steroid dienone is 3. The van der Waals surface area contributed by atoms with Gasteiger partial charge in [-0.3, -0.25) is 4.99 Å². The van der Waals surface area contributed by atoms with Crippen molar-refractivity contribution in [3.05, 3.63) is 83.5 Å². The van der Waals surface area contributed by atoms with Crippen LogP contribution in [0.5, 0.6) is 5.75 Å². The smallest absolute Gasteiger partial charge is 0.148 e. The fourth-order valence-corrected chi connectivity index (χ4v) is 3.97. The standard InChI is InChI=1S/C25H28N2O.C2H6/c1-17-5-9-20(10-6-17)24-19(3)27(22-13-7-18(2)8-14-22)25(26-24)21-11-15-23(28-4)16-12-21;1-2/h5,7-17,19,25H,6H2,1-4H3;1-2H3. The van der Waals surface area contributed by atoms with Crippen molar-refractivity contribution in [1.29, 1.82) is 0 Å². The largest absolute Gasteiger partial charge is 0.497 e. The molecule has 158 valence electrons. The van der Waals surface area contributed by atoms with Gasteiger partial charge >= 0.3 is 0 Å². The van der Waals surface area contributed by atoms with Gasteiger partial charge < -0.3 is 9.64 Å². The predicted molar refractivity (Wildman–Crippen MR) is 129 cm³/mol. The average Bonchev–Trinajstić information content (AvgIpc) is 3.13. The maximum absolute atomic E-state index is 5.34. The minimum absolute atomic E-state index is 0.0349. The summed E-state index contributed by atoms with van der Waals surface area (Å²) in [6.45, 7) is 10.6. The SMILES string of the molecule is CC.COc1ccc(C2N=C(C3=CCC(C)C=C3)C(C)N2c2ccc(C)cc2)cc1. The lowest BCUT2D eigenvalue weighted by Gasteiger charge is -2.31. The highest BCUT2D eigenvalue weighted by molar-refractivity contribution is 6.09. The highest BCUT2D eigenvalue weighted by Crippen LogP contribution is 2.38. The number of aryl methyl sites for hydroxylation is 1. The Morgan fingerprint density at radius 2 is 1.63 bits per heavy atom. The average molecular weight is 403 g/mol. The number of rotatable bonds is 4. The summed E-state index contributed by atoms with van der Waals surface area (Å²) >= 11 is 0. The van der Waals surface area contributed by atoms with Crippen molar-refractivity contribution in [2.24, 2.45) is 10.9 Å². The lowest BCUT2D eigenvalue weighted by Crippen LogP contribution is -2.35. The van der Waals surface area contributed by atoms with Crippen LogP contribution < -0.4 is 9.64 Å². The monoisotopic (exact) mass is 402 g/mol. The van der Waals surface area contributed by atoms with Gasteiger partial charge in [0.05, 0.1) is 18.9 Å². The van der Waals surface area contributed by atoms with Crippen LogP contribution in [0.25, 0.3) is 0 Å². The van der Waals surface area contributed by atoms with Gasteiger partial charge in [0.2, 0.25) is 0 Å². The van der Waals surface area contributed by atoms with Crippen LogP contribution in [0.2, 0.25) is 0 Å². The number of aliphatic imine (C=N–C) groups is 1. The van der Waals surface area contributed by atoms with Crippen LogP contribution in [-0.2, 0) is 0 Å². The molecule has 1 heterocycles. The van der Waals surface area contributed by atoms with E-state index in [1.807, 2.05) is 26.0 Å². The van der Waals surface area contributed by atoms with Gasteiger partial charge in [-0.1, -0.05) is 68.8 Å². The van der Waals surface area contributed by atoms with Gasteiger partial charge in [0.25, 0.3) is 0 Å². The van der Waals surface area contributed by atoms with Gasteiger partial charge in [-0.25, -0.2) is 0 Å². The second kappa shape index (κ2) is 9.80. The maximum atomic E-state index is 5.34. The Balaban J connectivity index is 0.00000124. The molecule has 0 saturated heterocycles. The minimum Gasteiger partial charge on any atom is -0.497 e. The fraction of sp³-hybridized carbons (Fsp3) is 0.370. The van der Waals surface area contributed by atoms with Crippen molar-refractivity contribution in [2.45, 2.75) is 53.2 Å². The lowest BCUT2D eigenvalue weighted by atomic mass is 9.93. The molecule has 2 aromatic carbocycles. The van der Waals surface area contributed by atoms with Crippen molar-refractivity contribution in [3.8, 4) is 5.75 Å². The summed E-state index contributed by atoms with van der Waals surface area (Å²) in [6.07, 6.45) is 7.92. The van der Waals surface area contributed by atoms with Crippen molar-refractivity contribution >= 4 is 11.4 Å². The third kappa shape index (κ3) is 4.51. The first kappa shape index (κ1) is 21.9. The zero-order chi connectivity index (χ0) is 21.7. The summed E-state index contributed by atoms with van der Waals surface area (Å²) in [6, 6.07) is 17.2. The molecule has 0 bridgehead atoms. The van der Waals surface area contributed by atoms with Crippen LogP contribution in [0.1, 0.15) is 51.4 Å². The first-order valence-corrected chi connectivity index (χ1v) is 11.0. The highest BCUT2D eigenvalue weighted by Gasteiger charge is 2.35. The van der Waals surface area contributed by atoms with E-state index in [1.165, 1.54) is 28.1 Å². The topological polar surface area (TPSA) is 24.8 Å². The van der Waals surface area contributed by atoms with E-state index in [4.69, 9.17) is 9.73 Å². The van der Waals surface area contributed by atoms with E-state index in [2.05, 4.69) is 80.3 Å². The summed E-state index contributed by atoms with van der Waals surface area (Å²) < 4.78 is 5.34. The quantitative estimate of drug-likeness (QED) is 0.555. The Hall–Kier alpha value is -2.81. The van der Waals surface area contributed by atoms with E-state index >= 15 is 0 Å². The maximum Gasteiger partial charge on any atom is 0.148 e. The number of hydrogen-bond donors (Lipinski definition) is 0. The number of ether oxygens (including phenoxy) is 1. The molecule has 1 aliphatic heterocycles. The van der Waals surface area contributed by atoms with Crippen molar-refractivity contribution in [2.75, 3.05) is 12.0 Å². The van der Waals surface area contributed by atoms with Gasteiger partial charge in [-0.05, 0) is 61.6 Å². The third-order valence-electron chi connectivity index (χ3n) is 5.69. The second-order valence-corrected chi connectivity index (χ2v) is 7.81.